The van der Waals surface area contributed by atoms with E-state index in [1.54, 1.807) is 36.4 Å². The van der Waals surface area contributed by atoms with E-state index in [4.69, 9.17) is 21.4 Å². The molecule has 1 N–H and O–H groups in total. The highest BCUT2D eigenvalue weighted by molar-refractivity contribution is 6.30. The molecule has 0 amide bonds. The van der Waals surface area contributed by atoms with Crippen LogP contribution in [0, 0.1) is 0 Å². The molecule has 26 heavy (non-hydrogen) atoms. The quantitative estimate of drug-likeness (QED) is 0.667. The number of aryl methyl sites for hydroxylation is 1. The largest absolute Gasteiger partial charge is 0.478 e. The first kappa shape index (κ1) is 18.0. The predicted octanol–water partition coefficient (Wildman–Crippen LogP) is 3.41. The lowest BCUT2D eigenvalue weighted by molar-refractivity contribution is -0.131. The van der Waals surface area contributed by atoms with Gasteiger partial charge in [0.15, 0.2) is 5.65 Å². The Balaban J connectivity index is 2.40. The number of fused-ring (bicyclic) bond motifs is 1. The lowest BCUT2D eigenvalue weighted by Gasteiger charge is -2.13. The Hall–Kier alpha value is -2.77. The molecule has 0 atom stereocenters. The molecule has 3 rings (SSSR count). The van der Waals surface area contributed by atoms with E-state index in [2.05, 4.69) is 15.1 Å². The average Bonchev–Trinajstić information content (AvgIpc) is 3.02. The summed E-state index contributed by atoms with van der Waals surface area (Å²) >= 11 is 6.12. The number of pyridine rings is 2. The second kappa shape index (κ2) is 7.63. The molecule has 0 radical (unpaired) electrons. The van der Waals surface area contributed by atoms with Crippen molar-refractivity contribution < 1.29 is 14.6 Å². The molecule has 0 aliphatic rings. The molecule has 0 fully saturated rings. The standard InChI is InChI=1S/C18H17ClN4O3/c1-3-23-18-14(9-21-23)17(11-6-12(19)8-20-7-11)13(4-5-16(24)25)15(22-18)10-26-2/h4-9H,3,10H2,1-2H3,(H,24,25)/b5-4+. The van der Waals surface area contributed by atoms with Crippen molar-refractivity contribution >= 4 is 34.7 Å². The van der Waals surface area contributed by atoms with Gasteiger partial charge < -0.3 is 9.84 Å². The number of nitrogens with zero attached hydrogens (tertiary/aromatic N) is 4. The summed E-state index contributed by atoms with van der Waals surface area (Å²) in [6, 6.07) is 1.78. The van der Waals surface area contributed by atoms with Crippen LogP contribution in [-0.2, 0) is 22.7 Å². The summed E-state index contributed by atoms with van der Waals surface area (Å²) in [5.41, 5.74) is 3.48. The van der Waals surface area contributed by atoms with E-state index in [0.29, 0.717) is 28.5 Å². The van der Waals surface area contributed by atoms with Crippen molar-refractivity contribution in [2.75, 3.05) is 7.11 Å². The van der Waals surface area contributed by atoms with Crippen molar-refractivity contribution in [3.63, 3.8) is 0 Å². The van der Waals surface area contributed by atoms with Gasteiger partial charge in [-0.3, -0.25) is 4.98 Å². The highest BCUT2D eigenvalue weighted by Gasteiger charge is 2.18. The molecular formula is C18H17ClN4O3. The number of hydrogen-bond acceptors (Lipinski definition) is 5. The summed E-state index contributed by atoms with van der Waals surface area (Å²) < 4.78 is 7.05. The van der Waals surface area contributed by atoms with E-state index in [1.807, 2.05) is 6.92 Å². The zero-order valence-corrected chi connectivity index (χ0v) is 15.1. The van der Waals surface area contributed by atoms with Crippen molar-refractivity contribution in [2.45, 2.75) is 20.1 Å². The summed E-state index contributed by atoms with van der Waals surface area (Å²) in [5, 5.41) is 14.7. The number of aromatic nitrogens is 4. The van der Waals surface area contributed by atoms with Crippen LogP contribution in [0.3, 0.4) is 0 Å². The van der Waals surface area contributed by atoms with Crippen molar-refractivity contribution in [1.82, 2.24) is 19.7 Å². The van der Waals surface area contributed by atoms with Gasteiger partial charge in [-0.05, 0) is 19.1 Å². The van der Waals surface area contributed by atoms with Gasteiger partial charge in [-0.25, -0.2) is 14.5 Å². The van der Waals surface area contributed by atoms with E-state index in [1.165, 1.54) is 6.08 Å². The first-order valence-electron chi connectivity index (χ1n) is 7.94. The molecule has 3 aromatic rings. The Morgan fingerprint density at radius 2 is 2.19 bits per heavy atom. The number of carbonyl (C=O) groups is 1. The molecule has 0 saturated carbocycles. The Labute approximate surface area is 154 Å². The maximum absolute atomic E-state index is 11.1. The topological polar surface area (TPSA) is 90.1 Å². The van der Waals surface area contributed by atoms with E-state index in [9.17, 15) is 4.79 Å². The molecule has 0 spiro atoms. The summed E-state index contributed by atoms with van der Waals surface area (Å²) in [6.45, 7) is 2.86. The highest BCUT2D eigenvalue weighted by Crippen LogP contribution is 2.35. The Morgan fingerprint density at radius 3 is 2.85 bits per heavy atom. The van der Waals surface area contributed by atoms with Gasteiger partial charge >= 0.3 is 5.97 Å². The summed E-state index contributed by atoms with van der Waals surface area (Å²) in [5.74, 6) is -1.05. The third kappa shape index (κ3) is 3.44. The van der Waals surface area contributed by atoms with E-state index >= 15 is 0 Å². The molecule has 0 saturated heterocycles. The van der Waals surface area contributed by atoms with E-state index in [0.717, 1.165) is 22.6 Å². The van der Waals surface area contributed by atoms with Crippen molar-refractivity contribution in [3.8, 4) is 11.1 Å². The number of methoxy groups -OCH3 is 1. The lowest BCUT2D eigenvalue weighted by Crippen LogP contribution is -2.04. The smallest absolute Gasteiger partial charge is 0.328 e. The molecule has 3 aromatic heterocycles. The molecule has 3 heterocycles. The van der Waals surface area contributed by atoms with E-state index in [-0.39, 0.29) is 6.61 Å². The van der Waals surface area contributed by atoms with Crippen LogP contribution in [0.15, 0.2) is 30.7 Å². The molecule has 8 heteroatoms. The normalized spacial score (nSPS) is 11.5. The monoisotopic (exact) mass is 372 g/mol. The zero-order valence-electron chi connectivity index (χ0n) is 14.3. The van der Waals surface area contributed by atoms with Crippen LogP contribution in [0.1, 0.15) is 18.2 Å². The van der Waals surface area contributed by atoms with Gasteiger partial charge in [-0.15, -0.1) is 0 Å². The second-order valence-corrected chi connectivity index (χ2v) is 5.98. The van der Waals surface area contributed by atoms with Gasteiger partial charge in [-0.2, -0.15) is 5.10 Å². The maximum Gasteiger partial charge on any atom is 0.328 e. The molecule has 134 valence electrons. The molecule has 7 nitrogen and oxygen atoms in total. The van der Waals surface area contributed by atoms with Gasteiger partial charge in [0.05, 0.1) is 23.5 Å². The summed E-state index contributed by atoms with van der Waals surface area (Å²) in [7, 11) is 1.56. The van der Waals surface area contributed by atoms with Gasteiger partial charge in [-0.1, -0.05) is 11.6 Å². The first-order valence-corrected chi connectivity index (χ1v) is 8.32. The number of carboxylic acids is 1. The minimum Gasteiger partial charge on any atom is -0.478 e. The fraction of sp³-hybridized carbons (Fsp3) is 0.222. The molecule has 0 aromatic carbocycles. The number of aliphatic carboxylic acids is 1. The van der Waals surface area contributed by atoms with Crippen molar-refractivity contribution in [3.05, 3.63) is 47.0 Å². The predicted molar refractivity (Wildman–Crippen MR) is 98.8 cm³/mol. The fourth-order valence-corrected chi connectivity index (χ4v) is 3.00. The minimum atomic E-state index is -1.05. The van der Waals surface area contributed by atoms with Gasteiger partial charge in [0.1, 0.15) is 0 Å². The SMILES string of the molecule is CCn1ncc2c(-c3cncc(Cl)c3)c(/C=C/C(=O)O)c(COC)nc21. The van der Waals surface area contributed by atoms with Crippen LogP contribution >= 0.6 is 11.6 Å². The number of rotatable bonds is 6. The molecule has 0 bridgehead atoms. The Kier molecular flexibility index (Phi) is 5.29. The van der Waals surface area contributed by atoms with Crippen molar-refractivity contribution in [2.24, 2.45) is 0 Å². The Morgan fingerprint density at radius 1 is 1.38 bits per heavy atom. The molecular weight excluding hydrogens is 356 g/mol. The summed E-state index contributed by atoms with van der Waals surface area (Å²) in [6.07, 6.45) is 7.54. The first-order chi connectivity index (χ1) is 12.5. The maximum atomic E-state index is 11.1. The van der Waals surface area contributed by atoms with Gasteiger partial charge in [0.25, 0.3) is 0 Å². The van der Waals surface area contributed by atoms with Gasteiger partial charge in [0.2, 0.25) is 0 Å². The lowest BCUT2D eigenvalue weighted by atomic mass is 9.97. The van der Waals surface area contributed by atoms with Crippen molar-refractivity contribution in [1.29, 1.82) is 0 Å². The molecule has 0 aliphatic heterocycles. The number of carboxylic acid groups (broad SMARTS) is 1. The highest BCUT2D eigenvalue weighted by atomic mass is 35.5. The zero-order chi connectivity index (χ0) is 18.7. The van der Waals surface area contributed by atoms with Crippen LogP contribution < -0.4 is 0 Å². The average molecular weight is 373 g/mol. The fourth-order valence-electron chi connectivity index (χ4n) is 2.82. The van der Waals surface area contributed by atoms with Crippen LogP contribution in [0.25, 0.3) is 28.2 Å². The summed E-state index contributed by atoms with van der Waals surface area (Å²) in [4.78, 5) is 19.9. The Bertz CT molecular complexity index is 998. The number of hydrogen-bond donors (Lipinski definition) is 1. The number of halogens is 1. The third-order valence-electron chi connectivity index (χ3n) is 3.87. The van der Waals surface area contributed by atoms with Crippen LogP contribution in [0.4, 0.5) is 0 Å². The second-order valence-electron chi connectivity index (χ2n) is 5.54. The molecule has 0 unspecified atom stereocenters. The van der Waals surface area contributed by atoms with Crippen LogP contribution in [0.2, 0.25) is 5.02 Å². The minimum absolute atomic E-state index is 0.227. The third-order valence-corrected chi connectivity index (χ3v) is 4.08. The molecule has 0 aliphatic carbocycles. The van der Waals surface area contributed by atoms with Crippen LogP contribution in [-0.4, -0.2) is 37.9 Å². The van der Waals surface area contributed by atoms with Gasteiger partial charge in [0, 0.05) is 54.2 Å². The van der Waals surface area contributed by atoms with E-state index < -0.39 is 5.97 Å². The number of ether oxygens (including phenoxy) is 1. The van der Waals surface area contributed by atoms with Crippen LogP contribution in [0.5, 0.6) is 0 Å².